The molecule has 0 bridgehead atoms. The zero-order chi connectivity index (χ0) is 17.1. The Balaban J connectivity index is 1.38. The highest BCUT2D eigenvalue weighted by atomic mass is 32.1. The van der Waals surface area contributed by atoms with Crippen molar-refractivity contribution in [1.82, 2.24) is 19.8 Å². The molecule has 0 aliphatic carbocycles. The quantitative estimate of drug-likeness (QED) is 0.822. The first-order valence-corrected chi connectivity index (χ1v) is 9.95. The lowest BCUT2D eigenvalue weighted by atomic mass is 9.79. The van der Waals surface area contributed by atoms with Gasteiger partial charge >= 0.3 is 0 Å². The topological polar surface area (TPSA) is 41.5 Å². The molecule has 4 rings (SSSR count). The smallest absolute Gasteiger partial charge is 0.217 e. The summed E-state index contributed by atoms with van der Waals surface area (Å²) in [5, 5.41) is 3.32. The second kappa shape index (κ2) is 7.40. The molecule has 1 atom stereocenters. The summed E-state index contributed by atoms with van der Waals surface area (Å²) < 4.78 is 5.42. The van der Waals surface area contributed by atoms with Crippen LogP contribution in [0, 0.1) is 5.41 Å². The molecule has 2 fully saturated rings. The maximum absolute atomic E-state index is 5.42. The van der Waals surface area contributed by atoms with Gasteiger partial charge in [0.15, 0.2) is 0 Å². The van der Waals surface area contributed by atoms with Gasteiger partial charge in [-0.3, -0.25) is 9.80 Å². The summed E-state index contributed by atoms with van der Waals surface area (Å²) in [5.74, 6) is 0.762. The molecule has 1 spiro atoms. The van der Waals surface area contributed by atoms with Crippen molar-refractivity contribution in [2.24, 2.45) is 5.41 Å². The summed E-state index contributed by atoms with van der Waals surface area (Å²) >= 11 is 1.77. The van der Waals surface area contributed by atoms with Crippen molar-refractivity contribution >= 4 is 11.3 Å². The van der Waals surface area contributed by atoms with E-state index >= 15 is 0 Å². The number of rotatable bonds is 5. The minimum absolute atomic E-state index is 0.449. The zero-order valence-corrected chi connectivity index (χ0v) is 15.7. The number of hydrogen-bond donors (Lipinski definition) is 0. The van der Waals surface area contributed by atoms with Crippen LogP contribution in [0.25, 0.3) is 0 Å². The van der Waals surface area contributed by atoms with Gasteiger partial charge in [-0.1, -0.05) is 6.07 Å². The van der Waals surface area contributed by atoms with Crippen LogP contribution >= 0.6 is 11.3 Å². The van der Waals surface area contributed by atoms with Crippen LogP contribution in [0.2, 0.25) is 0 Å². The van der Waals surface area contributed by atoms with Gasteiger partial charge in [-0.2, -0.15) is 0 Å². The molecule has 0 radical (unpaired) electrons. The fourth-order valence-corrected chi connectivity index (χ4v) is 5.09. The van der Waals surface area contributed by atoms with Crippen LogP contribution in [0.4, 0.5) is 0 Å². The second-order valence-corrected chi connectivity index (χ2v) is 8.35. The van der Waals surface area contributed by atoms with E-state index in [2.05, 4.69) is 31.2 Å². The van der Waals surface area contributed by atoms with Crippen molar-refractivity contribution in [3.8, 4) is 5.88 Å². The minimum Gasteiger partial charge on any atom is -0.481 e. The maximum Gasteiger partial charge on any atom is 0.217 e. The summed E-state index contributed by atoms with van der Waals surface area (Å²) in [7, 11) is 1.70. The van der Waals surface area contributed by atoms with Crippen LogP contribution < -0.4 is 4.74 Å². The van der Waals surface area contributed by atoms with Gasteiger partial charge in [0.25, 0.3) is 0 Å². The van der Waals surface area contributed by atoms with E-state index < -0.39 is 0 Å². The average Bonchev–Trinajstić information content (AvgIpc) is 3.26. The Morgan fingerprint density at radius 2 is 2.00 bits per heavy atom. The van der Waals surface area contributed by atoms with Gasteiger partial charge in [0.1, 0.15) is 5.01 Å². The lowest BCUT2D eigenvalue weighted by Crippen LogP contribution is -2.44. The second-order valence-electron chi connectivity index (χ2n) is 7.37. The lowest BCUT2D eigenvalue weighted by Gasteiger charge is -2.40. The molecule has 0 saturated carbocycles. The Kier molecular flexibility index (Phi) is 5.01. The first-order chi connectivity index (χ1) is 12.3. The predicted octanol–water partition coefficient (Wildman–Crippen LogP) is 3.03. The van der Waals surface area contributed by atoms with Crippen molar-refractivity contribution in [1.29, 1.82) is 0 Å². The van der Waals surface area contributed by atoms with E-state index in [0.717, 1.165) is 19.0 Å². The number of ether oxygens (including phenoxy) is 1. The minimum atomic E-state index is 0.449. The molecule has 2 aliphatic heterocycles. The SMILES string of the molecule is COc1ncccc1CN1CC[C@]2(CCCN(Cc3nccs3)C2)C1. The van der Waals surface area contributed by atoms with E-state index in [1.807, 2.05) is 12.3 Å². The number of pyridine rings is 1. The van der Waals surface area contributed by atoms with Gasteiger partial charge in [0.05, 0.1) is 13.7 Å². The van der Waals surface area contributed by atoms with Crippen molar-refractivity contribution in [2.75, 3.05) is 33.3 Å². The van der Waals surface area contributed by atoms with Gasteiger partial charge < -0.3 is 4.74 Å². The molecule has 2 aromatic heterocycles. The normalized spacial score (nSPS) is 24.8. The molecular weight excluding hydrogens is 332 g/mol. The van der Waals surface area contributed by atoms with Crippen LogP contribution in [0.3, 0.4) is 0 Å². The molecule has 2 aliphatic rings. The van der Waals surface area contributed by atoms with E-state index in [0.29, 0.717) is 5.41 Å². The van der Waals surface area contributed by atoms with Crippen molar-refractivity contribution in [3.63, 3.8) is 0 Å². The van der Waals surface area contributed by atoms with Gasteiger partial charge in [-0.15, -0.1) is 11.3 Å². The third kappa shape index (κ3) is 3.86. The van der Waals surface area contributed by atoms with Crippen LogP contribution in [0.1, 0.15) is 29.8 Å². The highest BCUT2D eigenvalue weighted by molar-refractivity contribution is 7.09. The van der Waals surface area contributed by atoms with Crippen LogP contribution in [0.15, 0.2) is 29.9 Å². The van der Waals surface area contributed by atoms with Gasteiger partial charge in [0, 0.05) is 43.0 Å². The molecule has 2 aromatic rings. The standard InChI is InChI=1S/C19H26N4OS/c1-24-18-16(4-2-7-21-18)12-23-10-6-19(15-23)5-3-9-22(14-19)13-17-20-8-11-25-17/h2,4,7-8,11H,3,5-6,9-10,12-15H2,1H3/t19-/m0/s1. The van der Waals surface area contributed by atoms with Gasteiger partial charge in [0.2, 0.25) is 5.88 Å². The third-order valence-electron chi connectivity index (χ3n) is 5.54. The monoisotopic (exact) mass is 358 g/mol. The summed E-state index contributed by atoms with van der Waals surface area (Å²) in [5.41, 5.74) is 1.64. The summed E-state index contributed by atoms with van der Waals surface area (Å²) in [6.07, 6.45) is 7.66. The molecule has 0 N–H and O–H groups in total. The van der Waals surface area contributed by atoms with Crippen molar-refractivity contribution < 1.29 is 4.74 Å². The Bertz CT molecular complexity index is 692. The van der Waals surface area contributed by atoms with Crippen LogP contribution in [0.5, 0.6) is 5.88 Å². The van der Waals surface area contributed by atoms with Crippen molar-refractivity contribution in [2.45, 2.75) is 32.4 Å². The van der Waals surface area contributed by atoms with Gasteiger partial charge in [-0.25, -0.2) is 9.97 Å². The van der Waals surface area contributed by atoms with E-state index in [-0.39, 0.29) is 0 Å². The molecule has 134 valence electrons. The fraction of sp³-hybridized carbons (Fsp3) is 0.579. The maximum atomic E-state index is 5.42. The number of likely N-dealkylation sites (tertiary alicyclic amines) is 2. The average molecular weight is 359 g/mol. The Morgan fingerprint density at radius 1 is 1.12 bits per heavy atom. The first kappa shape index (κ1) is 16.9. The Labute approximate surface area is 153 Å². The largest absolute Gasteiger partial charge is 0.481 e. The van der Waals surface area contributed by atoms with Crippen LogP contribution in [-0.2, 0) is 13.1 Å². The molecule has 25 heavy (non-hydrogen) atoms. The summed E-state index contributed by atoms with van der Waals surface area (Å²) in [6.45, 7) is 6.70. The number of aromatic nitrogens is 2. The molecule has 0 unspecified atom stereocenters. The molecular formula is C19H26N4OS. The summed E-state index contributed by atoms with van der Waals surface area (Å²) in [4.78, 5) is 14.0. The van der Waals surface area contributed by atoms with E-state index in [4.69, 9.17) is 4.74 Å². The Morgan fingerprint density at radius 3 is 2.80 bits per heavy atom. The van der Waals surface area contributed by atoms with Crippen molar-refractivity contribution in [3.05, 3.63) is 40.5 Å². The molecule has 2 saturated heterocycles. The highest BCUT2D eigenvalue weighted by Crippen LogP contribution is 2.40. The predicted molar refractivity (Wildman–Crippen MR) is 99.7 cm³/mol. The van der Waals surface area contributed by atoms with E-state index in [1.54, 1.807) is 24.6 Å². The number of methoxy groups -OCH3 is 1. The Hall–Kier alpha value is -1.50. The van der Waals surface area contributed by atoms with E-state index in [9.17, 15) is 0 Å². The molecule has 5 nitrogen and oxygen atoms in total. The first-order valence-electron chi connectivity index (χ1n) is 9.07. The fourth-order valence-electron chi connectivity index (χ4n) is 4.43. The summed E-state index contributed by atoms with van der Waals surface area (Å²) in [6, 6.07) is 4.13. The number of piperidine rings is 1. The number of thiazole rings is 1. The number of hydrogen-bond acceptors (Lipinski definition) is 6. The van der Waals surface area contributed by atoms with Gasteiger partial charge in [-0.05, 0) is 43.8 Å². The molecule has 4 heterocycles. The zero-order valence-electron chi connectivity index (χ0n) is 14.9. The highest BCUT2D eigenvalue weighted by Gasteiger charge is 2.41. The number of nitrogens with zero attached hydrogens (tertiary/aromatic N) is 4. The molecule has 0 aromatic carbocycles. The lowest BCUT2D eigenvalue weighted by molar-refractivity contribution is 0.0864. The molecule has 0 amide bonds. The molecule has 6 heteroatoms. The van der Waals surface area contributed by atoms with E-state index in [1.165, 1.54) is 56.0 Å². The van der Waals surface area contributed by atoms with Crippen LogP contribution in [-0.4, -0.2) is 53.1 Å². The third-order valence-corrected chi connectivity index (χ3v) is 6.30.